The molecule has 1 unspecified atom stereocenters. The van der Waals surface area contributed by atoms with Crippen LogP contribution in [-0.2, 0) is 27.5 Å². The Balaban J connectivity index is 1.52. The van der Waals surface area contributed by atoms with Gasteiger partial charge in [0, 0.05) is 19.6 Å². The molecule has 1 aliphatic rings. The number of halogens is 1. The van der Waals surface area contributed by atoms with Gasteiger partial charge in [-0.25, -0.2) is 9.37 Å². The fourth-order valence-electron chi connectivity index (χ4n) is 4.20. The predicted molar refractivity (Wildman–Crippen MR) is 129 cm³/mol. The molecule has 0 radical (unpaired) electrons. The molecule has 0 N–H and O–H groups in total. The van der Waals surface area contributed by atoms with E-state index in [1.165, 1.54) is 27.9 Å². The number of ether oxygens (including phenoxy) is 1. The molecule has 2 aromatic carbocycles. The van der Waals surface area contributed by atoms with Crippen molar-refractivity contribution in [2.24, 2.45) is 5.92 Å². The molecule has 3 aromatic rings. The summed E-state index contributed by atoms with van der Waals surface area (Å²) in [6, 6.07) is 13.1. The Hall–Kier alpha value is -3.59. The van der Waals surface area contributed by atoms with Gasteiger partial charge in [-0.05, 0) is 35.7 Å². The zero-order valence-electron chi connectivity index (χ0n) is 19.9. The first-order valence-corrected chi connectivity index (χ1v) is 11.7. The first-order chi connectivity index (χ1) is 16.8. The van der Waals surface area contributed by atoms with Gasteiger partial charge in [-0.15, -0.1) is 0 Å². The number of para-hydroxylation sites is 1. The summed E-state index contributed by atoms with van der Waals surface area (Å²) >= 11 is 0. The molecule has 0 spiro atoms. The zero-order valence-corrected chi connectivity index (χ0v) is 19.9. The number of amides is 2. The van der Waals surface area contributed by atoms with Crippen LogP contribution in [0.1, 0.15) is 19.4 Å². The highest BCUT2D eigenvalue weighted by Gasteiger charge is 2.31. The first-order valence-electron chi connectivity index (χ1n) is 11.7. The van der Waals surface area contributed by atoms with Crippen molar-refractivity contribution in [3.05, 3.63) is 76.6 Å². The smallest absolute Gasteiger partial charge is 0.261 e. The number of rotatable bonds is 7. The standard InChI is InChI=1S/C26H29FN4O4/c1-18(2)11-29-12-21(35-16-19-6-5-7-20(27)10-19)13-30(14-24(29)32)25(33)15-31-17-28-23-9-4-3-8-22(23)26(31)34/h3-10,17-18,21H,11-16H2,1-2H3. The minimum Gasteiger partial charge on any atom is -0.370 e. The highest BCUT2D eigenvalue weighted by atomic mass is 19.1. The number of hydrogen-bond donors (Lipinski definition) is 0. The second-order valence-electron chi connectivity index (χ2n) is 9.22. The summed E-state index contributed by atoms with van der Waals surface area (Å²) in [6.45, 7) is 4.91. The highest BCUT2D eigenvalue weighted by molar-refractivity contribution is 5.85. The summed E-state index contributed by atoms with van der Waals surface area (Å²) in [6.07, 6.45) is 0.893. The van der Waals surface area contributed by atoms with Crippen LogP contribution in [0.2, 0.25) is 0 Å². The molecule has 0 aliphatic carbocycles. The average Bonchev–Trinajstić information content (AvgIpc) is 2.98. The molecule has 1 aliphatic heterocycles. The minimum atomic E-state index is -0.459. The summed E-state index contributed by atoms with van der Waals surface area (Å²) in [7, 11) is 0. The maximum Gasteiger partial charge on any atom is 0.261 e. The van der Waals surface area contributed by atoms with Gasteiger partial charge >= 0.3 is 0 Å². The molecule has 4 rings (SSSR count). The van der Waals surface area contributed by atoms with Gasteiger partial charge in [-0.2, -0.15) is 0 Å². The lowest BCUT2D eigenvalue weighted by Gasteiger charge is -2.26. The fourth-order valence-corrected chi connectivity index (χ4v) is 4.20. The van der Waals surface area contributed by atoms with E-state index < -0.39 is 6.10 Å². The zero-order chi connectivity index (χ0) is 24.9. The van der Waals surface area contributed by atoms with E-state index in [4.69, 9.17) is 4.74 Å². The quantitative estimate of drug-likeness (QED) is 0.519. The first kappa shape index (κ1) is 24.5. The molecule has 35 heavy (non-hydrogen) atoms. The van der Waals surface area contributed by atoms with Crippen LogP contribution in [-0.4, -0.2) is 63.4 Å². The number of aromatic nitrogens is 2. The van der Waals surface area contributed by atoms with Gasteiger partial charge in [0.25, 0.3) is 5.56 Å². The fraction of sp³-hybridized carbons (Fsp3) is 0.385. The largest absolute Gasteiger partial charge is 0.370 e. The normalized spacial score (nSPS) is 16.7. The van der Waals surface area contributed by atoms with E-state index in [-0.39, 0.29) is 55.3 Å². The van der Waals surface area contributed by atoms with Crippen LogP contribution in [0.4, 0.5) is 4.39 Å². The van der Waals surface area contributed by atoms with Gasteiger partial charge < -0.3 is 14.5 Å². The monoisotopic (exact) mass is 480 g/mol. The second-order valence-corrected chi connectivity index (χ2v) is 9.22. The summed E-state index contributed by atoms with van der Waals surface area (Å²) in [4.78, 5) is 46.4. The second kappa shape index (κ2) is 10.8. The molecule has 1 aromatic heterocycles. The molecule has 1 fully saturated rings. The van der Waals surface area contributed by atoms with E-state index in [1.54, 1.807) is 41.3 Å². The van der Waals surface area contributed by atoms with E-state index in [9.17, 15) is 18.8 Å². The Bertz CT molecular complexity index is 1280. The topological polar surface area (TPSA) is 84.7 Å². The van der Waals surface area contributed by atoms with Crippen molar-refractivity contribution in [1.29, 1.82) is 0 Å². The molecule has 9 heteroatoms. The Labute approximate surface area is 202 Å². The van der Waals surface area contributed by atoms with Crippen LogP contribution in [0.3, 0.4) is 0 Å². The molecule has 8 nitrogen and oxygen atoms in total. The lowest BCUT2D eigenvalue weighted by Crippen LogP contribution is -2.42. The molecule has 2 amide bonds. The van der Waals surface area contributed by atoms with Gasteiger partial charge in [0.1, 0.15) is 12.4 Å². The van der Waals surface area contributed by atoms with Crippen molar-refractivity contribution in [3.8, 4) is 0 Å². The van der Waals surface area contributed by atoms with Crippen LogP contribution in [0.15, 0.2) is 59.7 Å². The average molecular weight is 481 g/mol. The summed E-state index contributed by atoms with van der Waals surface area (Å²) < 4.78 is 20.9. The molecular weight excluding hydrogens is 451 g/mol. The maximum atomic E-state index is 13.6. The van der Waals surface area contributed by atoms with Crippen molar-refractivity contribution in [3.63, 3.8) is 0 Å². The van der Waals surface area contributed by atoms with Crippen LogP contribution < -0.4 is 5.56 Å². The third kappa shape index (κ3) is 6.10. The van der Waals surface area contributed by atoms with Crippen molar-refractivity contribution < 1.29 is 18.7 Å². The van der Waals surface area contributed by atoms with E-state index >= 15 is 0 Å². The molecule has 184 valence electrons. The van der Waals surface area contributed by atoms with Gasteiger partial charge in [-0.1, -0.05) is 38.1 Å². The Morgan fingerprint density at radius 2 is 1.94 bits per heavy atom. The van der Waals surface area contributed by atoms with E-state index in [0.29, 0.717) is 29.6 Å². The number of fused-ring (bicyclic) bond motifs is 1. The molecule has 0 saturated carbocycles. The Kier molecular flexibility index (Phi) is 7.55. The number of carbonyl (C=O) groups is 2. The predicted octanol–water partition coefficient (Wildman–Crippen LogP) is 2.45. The maximum absolute atomic E-state index is 13.6. The molecule has 2 heterocycles. The van der Waals surface area contributed by atoms with Gasteiger partial charge in [0.05, 0.1) is 36.5 Å². The van der Waals surface area contributed by atoms with Crippen LogP contribution in [0, 0.1) is 11.7 Å². The Morgan fingerprint density at radius 3 is 2.71 bits per heavy atom. The number of hydrogen-bond acceptors (Lipinski definition) is 5. The number of carbonyl (C=O) groups excluding carboxylic acids is 2. The molecule has 1 saturated heterocycles. The third-order valence-electron chi connectivity index (χ3n) is 5.88. The summed E-state index contributed by atoms with van der Waals surface area (Å²) in [5.74, 6) is -0.654. The van der Waals surface area contributed by atoms with E-state index in [2.05, 4.69) is 4.98 Å². The highest BCUT2D eigenvalue weighted by Crippen LogP contribution is 2.14. The minimum absolute atomic E-state index is 0.0961. The summed E-state index contributed by atoms with van der Waals surface area (Å²) in [5.41, 5.74) is 0.911. The van der Waals surface area contributed by atoms with Crippen molar-refractivity contribution >= 4 is 22.7 Å². The third-order valence-corrected chi connectivity index (χ3v) is 5.88. The van der Waals surface area contributed by atoms with Crippen molar-refractivity contribution in [1.82, 2.24) is 19.4 Å². The molecule has 0 bridgehead atoms. The van der Waals surface area contributed by atoms with Crippen LogP contribution in [0.5, 0.6) is 0 Å². The van der Waals surface area contributed by atoms with E-state index in [0.717, 1.165) is 0 Å². The SMILES string of the molecule is CC(C)CN1CC(OCc2cccc(F)c2)CN(C(=O)Cn2cnc3ccccc3c2=O)CC1=O. The lowest BCUT2D eigenvalue weighted by molar-refractivity contribution is -0.139. The van der Waals surface area contributed by atoms with Crippen LogP contribution in [0.25, 0.3) is 10.9 Å². The lowest BCUT2D eigenvalue weighted by atomic mass is 10.2. The molecular formula is C26H29FN4O4. The molecule has 1 atom stereocenters. The van der Waals surface area contributed by atoms with E-state index in [1.807, 2.05) is 13.8 Å². The van der Waals surface area contributed by atoms with Gasteiger partial charge in [0.15, 0.2) is 0 Å². The summed E-state index contributed by atoms with van der Waals surface area (Å²) in [5, 5.41) is 0.425. The van der Waals surface area contributed by atoms with Gasteiger partial charge in [0.2, 0.25) is 11.8 Å². The number of benzene rings is 2. The number of nitrogens with zero attached hydrogens (tertiary/aromatic N) is 4. The van der Waals surface area contributed by atoms with Gasteiger partial charge in [-0.3, -0.25) is 19.0 Å². The van der Waals surface area contributed by atoms with Crippen molar-refractivity contribution in [2.75, 3.05) is 26.2 Å². The van der Waals surface area contributed by atoms with Crippen LogP contribution >= 0.6 is 0 Å². The van der Waals surface area contributed by atoms with Crippen molar-refractivity contribution in [2.45, 2.75) is 33.1 Å². The Morgan fingerprint density at radius 1 is 1.14 bits per heavy atom.